The lowest BCUT2D eigenvalue weighted by Crippen LogP contribution is -2.42. The quantitative estimate of drug-likeness (QED) is 0.911. The number of imidazole rings is 1. The van der Waals surface area contributed by atoms with Crippen LogP contribution < -0.4 is 0 Å². The van der Waals surface area contributed by atoms with Crippen molar-refractivity contribution in [2.75, 3.05) is 6.54 Å². The largest absolute Gasteiger partial charge is 0.341 e. The highest BCUT2D eigenvalue weighted by Crippen LogP contribution is 2.35. The summed E-state index contributed by atoms with van der Waals surface area (Å²) in [5.74, 6) is 0.416. The zero-order chi connectivity index (χ0) is 14.1. The first-order valence-electron chi connectivity index (χ1n) is 7.05. The van der Waals surface area contributed by atoms with Gasteiger partial charge >= 0.3 is 0 Å². The molecule has 1 aromatic carbocycles. The van der Waals surface area contributed by atoms with Gasteiger partial charge < -0.3 is 9.88 Å². The average Bonchev–Trinajstić information content (AvgIpc) is 2.99. The van der Waals surface area contributed by atoms with Gasteiger partial charge in [0.25, 0.3) is 5.91 Å². The van der Waals surface area contributed by atoms with E-state index in [-0.39, 0.29) is 11.9 Å². The van der Waals surface area contributed by atoms with Crippen LogP contribution in [0.2, 0.25) is 0 Å². The van der Waals surface area contributed by atoms with Crippen LogP contribution in [0.5, 0.6) is 0 Å². The Labute approximate surface area is 118 Å². The van der Waals surface area contributed by atoms with Crippen molar-refractivity contribution < 1.29 is 4.79 Å². The SMILES string of the molecule is CC(C)C1c2ccccc2CCN1C(=O)c1cnc[nH]1. The van der Waals surface area contributed by atoms with Gasteiger partial charge in [0.1, 0.15) is 5.69 Å². The molecule has 0 radical (unpaired) electrons. The van der Waals surface area contributed by atoms with Gasteiger partial charge in [-0.1, -0.05) is 38.1 Å². The van der Waals surface area contributed by atoms with Gasteiger partial charge in [0.2, 0.25) is 0 Å². The van der Waals surface area contributed by atoms with E-state index < -0.39 is 0 Å². The summed E-state index contributed by atoms with van der Waals surface area (Å²) in [5, 5.41) is 0. The molecule has 20 heavy (non-hydrogen) atoms. The van der Waals surface area contributed by atoms with E-state index in [1.165, 1.54) is 11.1 Å². The third-order valence-electron chi connectivity index (χ3n) is 3.95. The van der Waals surface area contributed by atoms with Crippen LogP contribution in [-0.4, -0.2) is 27.3 Å². The smallest absolute Gasteiger partial charge is 0.272 e. The van der Waals surface area contributed by atoms with Crippen LogP contribution in [0.1, 0.15) is 41.5 Å². The van der Waals surface area contributed by atoms with Crippen molar-refractivity contribution in [3.8, 4) is 0 Å². The molecule has 0 saturated carbocycles. The number of carbonyl (C=O) groups excluding carboxylic acids is 1. The number of nitrogens with zero attached hydrogens (tertiary/aromatic N) is 2. The standard InChI is InChI=1S/C16H19N3O/c1-11(2)15-13-6-4-3-5-12(13)7-8-19(15)16(20)14-9-17-10-18-14/h3-6,9-11,15H,7-8H2,1-2H3,(H,17,18). The maximum absolute atomic E-state index is 12.6. The maximum Gasteiger partial charge on any atom is 0.272 e. The average molecular weight is 269 g/mol. The number of hydrogen-bond donors (Lipinski definition) is 1. The van der Waals surface area contributed by atoms with Crippen molar-refractivity contribution in [1.82, 2.24) is 14.9 Å². The predicted octanol–water partition coefficient (Wildman–Crippen LogP) is 2.81. The summed E-state index contributed by atoms with van der Waals surface area (Å²) in [4.78, 5) is 21.5. The molecule has 0 aliphatic carbocycles. The Morgan fingerprint density at radius 3 is 2.90 bits per heavy atom. The fourth-order valence-electron chi connectivity index (χ4n) is 3.07. The summed E-state index contributed by atoms with van der Waals surface area (Å²) >= 11 is 0. The van der Waals surface area contributed by atoms with E-state index in [4.69, 9.17) is 0 Å². The topological polar surface area (TPSA) is 49.0 Å². The van der Waals surface area contributed by atoms with Gasteiger partial charge in [0.05, 0.1) is 18.6 Å². The number of nitrogens with one attached hydrogen (secondary N) is 1. The number of fused-ring (bicyclic) bond motifs is 1. The van der Waals surface area contributed by atoms with Gasteiger partial charge in [-0.05, 0) is 23.5 Å². The van der Waals surface area contributed by atoms with Crippen molar-refractivity contribution in [3.05, 3.63) is 53.6 Å². The van der Waals surface area contributed by atoms with Gasteiger partial charge in [-0.3, -0.25) is 4.79 Å². The number of aromatic nitrogens is 2. The number of carbonyl (C=O) groups is 1. The Bertz CT molecular complexity index is 604. The monoisotopic (exact) mass is 269 g/mol. The molecule has 0 fully saturated rings. The first-order valence-corrected chi connectivity index (χ1v) is 7.05. The number of amides is 1. The summed E-state index contributed by atoms with van der Waals surface area (Å²) in [6.45, 7) is 5.09. The minimum absolute atomic E-state index is 0.0377. The molecule has 104 valence electrons. The van der Waals surface area contributed by atoms with Crippen LogP contribution in [0.3, 0.4) is 0 Å². The molecular weight excluding hydrogens is 250 g/mol. The number of hydrogen-bond acceptors (Lipinski definition) is 2. The maximum atomic E-state index is 12.6. The minimum Gasteiger partial charge on any atom is -0.341 e. The molecule has 0 bridgehead atoms. The first-order chi connectivity index (χ1) is 9.68. The van der Waals surface area contributed by atoms with Crippen molar-refractivity contribution in [2.24, 2.45) is 5.92 Å². The number of benzene rings is 1. The van der Waals surface area contributed by atoms with Crippen molar-refractivity contribution in [1.29, 1.82) is 0 Å². The number of rotatable bonds is 2. The highest BCUT2D eigenvalue weighted by Gasteiger charge is 2.33. The molecule has 3 rings (SSSR count). The molecule has 4 nitrogen and oxygen atoms in total. The van der Waals surface area contributed by atoms with Gasteiger partial charge in [0, 0.05) is 6.54 Å². The second-order valence-corrected chi connectivity index (χ2v) is 5.60. The second kappa shape index (κ2) is 5.12. The Balaban J connectivity index is 1.98. The van der Waals surface area contributed by atoms with E-state index in [1.54, 1.807) is 12.5 Å². The van der Waals surface area contributed by atoms with Crippen LogP contribution in [0.15, 0.2) is 36.8 Å². The summed E-state index contributed by atoms with van der Waals surface area (Å²) in [7, 11) is 0. The summed E-state index contributed by atoms with van der Waals surface area (Å²) < 4.78 is 0. The molecule has 1 amide bonds. The molecule has 1 N–H and O–H groups in total. The lowest BCUT2D eigenvalue weighted by atomic mass is 9.86. The molecular formula is C16H19N3O. The van der Waals surface area contributed by atoms with E-state index >= 15 is 0 Å². The normalized spacial score (nSPS) is 18.1. The lowest BCUT2D eigenvalue weighted by molar-refractivity contribution is 0.0598. The molecule has 0 saturated heterocycles. The zero-order valence-electron chi connectivity index (χ0n) is 11.8. The van der Waals surface area contributed by atoms with Crippen LogP contribution in [0.4, 0.5) is 0 Å². The summed E-state index contributed by atoms with van der Waals surface area (Å²) in [6, 6.07) is 8.58. The van der Waals surface area contributed by atoms with Crippen LogP contribution in [-0.2, 0) is 6.42 Å². The summed E-state index contributed by atoms with van der Waals surface area (Å²) in [6.07, 6.45) is 4.06. The lowest BCUT2D eigenvalue weighted by Gasteiger charge is -2.39. The van der Waals surface area contributed by atoms with E-state index in [2.05, 4.69) is 48.1 Å². The molecule has 1 aromatic heterocycles. The third kappa shape index (κ3) is 2.11. The fourth-order valence-corrected chi connectivity index (χ4v) is 3.07. The predicted molar refractivity (Wildman–Crippen MR) is 77.3 cm³/mol. The third-order valence-corrected chi connectivity index (χ3v) is 3.95. The van der Waals surface area contributed by atoms with Crippen LogP contribution in [0, 0.1) is 5.92 Å². The molecule has 0 spiro atoms. The Kier molecular flexibility index (Phi) is 3.30. The van der Waals surface area contributed by atoms with E-state index in [0.717, 1.165) is 13.0 Å². The molecule has 1 aliphatic rings. The molecule has 2 aromatic rings. The van der Waals surface area contributed by atoms with Crippen molar-refractivity contribution >= 4 is 5.91 Å². The number of aromatic amines is 1. The van der Waals surface area contributed by atoms with E-state index in [0.29, 0.717) is 11.6 Å². The Morgan fingerprint density at radius 1 is 1.40 bits per heavy atom. The fraction of sp³-hybridized carbons (Fsp3) is 0.375. The van der Waals surface area contributed by atoms with E-state index in [9.17, 15) is 4.79 Å². The number of H-pyrrole nitrogens is 1. The zero-order valence-corrected chi connectivity index (χ0v) is 11.8. The van der Waals surface area contributed by atoms with Crippen molar-refractivity contribution in [3.63, 3.8) is 0 Å². The molecule has 1 atom stereocenters. The molecule has 4 heteroatoms. The van der Waals surface area contributed by atoms with Gasteiger partial charge in [0.15, 0.2) is 0 Å². The second-order valence-electron chi connectivity index (χ2n) is 5.60. The van der Waals surface area contributed by atoms with Crippen LogP contribution >= 0.6 is 0 Å². The van der Waals surface area contributed by atoms with Crippen molar-refractivity contribution in [2.45, 2.75) is 26.3 Å². The van der Waals surface area contributed by atoms with Crippen LogP contribution in [0.25, 0.3) is 0 Å². The molecule has 1 unspecified atom stereocenters. The molecule has 2 heterocycles. The van der Waals surface area contributed by atoms with Gasteiger partial charge in [-0.15, -0.1) is 0 Å². The summed E-state index contributed by atoms with van der Waals surface area (Å²) in [5.41, 5.74) is 3.21. The first kappa shape index (κ1) is 12.9. The van der Waals surface area contributed by atoms with Gasteiger partial charge in [-0.2, -0.15) is 0 Å². The van der Waals surface area contributed by atoms with Gasteiger partial charge in [-0.25, -0.2) is 4.98 Å². The Morgan fingerprint density at radius 2 is 2.20 bits per heavy atom. The highest BCUT2D eigenvalue weighted by molar-refractivity contribution is 5.92. The Hall–Kier alpha value is -2.10. The van der Waals surface area contributed by atoms with E-state index in [1.807, 2.05) is 4.90 Å². The molecule has 1 aliphatic heterocycles. The highest BCUT2D eigenvalue weighted by atomic mass is 16.2. The minimum atomic E-state index is 0.0377.